The first kappa shape index (κ1) is 17.9. The van der Waals surface area contributed by atoms with Crippen LogP contribution in [0.2, 0.25) is 0 Å². The molecule has 0 saturated heterocycles. The van der Waals surface area contributed by atoms with Gasteiger partial charge >= 0.3 is 0 Å². The van der Waals surface area contributed by atoms with E-state index < -0.39 is 0 Å². The lowest BCUT2D eigenvalue weighted by atomic mass is 10.1. The molecule has 1 heterocycles. The normalized spacial score (nSPS) is 11.0. The topological polar surface area (TPSA) is 72.2 Å². The minimum Gasteiger partial charge on any atom is -0.312 e. The average molecular weight is 365 g/mol. The molecule has 1 aromatic heterocycles. The Kier molecular flexibility index (Phi) is 5.80. The van der Waals surface area contributed by atoms with Crippen LogP contribution < -0.4 is 5.43 Å². The highest BCUT2D eigenvalue weighted by molar-refractivity contribution is 7.98. The lowest BCUT2D eigenvalue weighted by Gasteiger charge is -2.04. The molecule has 0 saturated carbocycles. The van der Waals surface area contributed by atoms with E-state index in [0.29, 0.717) is 5.56 Å². The standard InChI is InChI=1S/C19H19N5OS/c1-14-5-3-4-6-17(14)11-20-22-18(25)16-9-7-15(8-10-16)12-26-19-23-21-13-24(19)2/h3-11,13H,12H2,1-2H3,(H,22,25)/b20-11+. The van der Waals surface area contributed by atoms with Crippen LogP contribution in [0, 0.1) is 6.92 Å². The molecule has 0 aliphatic carbocycles. The van der Waals surface area contributed by atoms with Gasteiger partial charge in [0.05, 0.1) is 6.21 Å². The summed E-state index contributed by atoms with van der Waals surface area (Å²) in [5, 5.41) is 12.8. The molecule has 0 bridgehead atoms. The summed E-state index contributed by atoms with van der Waals surface area (Å²) < 4.78 is 1.87. The predicted octanol–water partition coefficient (Wildman–Crippen LogP) is 3.18. The fourth-order valence-corrected chi connectivity index (χ4v) is 3.10. The van der Waals surface area contributed by atoms with Crippen molar-refractivity contribution in [2.24, 2.45) is 12.1 Å². The van der Waals surface area contributed by atoms with Gasteiger partial charge in [0, 0.05) is 18.4 Å². The van der Waals surface area contributed by atoms with Gasteiger partial charge in [-0.3, -0.25) is 4.79 Å². The average Bonchev–Trinajstić information content (AvgIpc) is 3.07. The van der Waals surface area contributed by atoms with Gasteiger partial charge in [0.15, 0.2) is 5.16 Å². The molecule has 0 atom stereocenters. The first-order valence-electron chi connectivity index (χ1n) is 8.08. The fourth-order valence-electron chi connectivity index (χ4n) is 2.26. The van der Waals surface area contributed by atoms with Gasteiger partial charge in [-0.15, -0.1) is 10.2 Å². The van der Waals surface area contributed by atoms with Gasteiger partial charge in [0.2, 0.25) is 0 Å². The van der Waals surface area contributed by atoms with Gasteiger partial charge in [-0.2, -0.15) is 5.10 Å². The molecule has 1 N–H and O–H groups in total. The van der Waals surface area contributed by atoms with Crippen molar-refractivity contribution in [3.05, 3.63) is 77.1 Å². The van der Waals surface area contributed by atoms with Crippen molar-refractivity contribution >= 4 is 23.9 Å². The summed E-state index contributed by atoms with van der Waals surface area (Å²) >= 11 is 1.60. The summed E-state index contributed by atoms with van der Waals surface area (Å²) in [6.07, 6.45) is 3.33. The highest BCUT2D eigenvalue weighted by Gasteiger charge is 2.06. The molecule has 0 spiro atoms. The van der Waals surface area contributed by atoms with E-state index in [0.717, 1.165) is 27.6 Å². The lowest BCUT2D eigenvalue weighted by Crippen LogP contribution is -2.17. The van der Waals surface area contributed by atoms with E-state index >= 15 is 0 Å². The number of nitrogens with zero attached hydrogens (tertiary/aromatic N) is 4. The highest BCUT2D eigenvalue weighted by Crippen LogP contribution is 2.20. The molecule has 0 aliphatic heterocycles. The summed E-state index contributed by atoms with van der Waals surface area (Å²) in [4.78, 5) is 12.2. The number of thioether (sulfide) groups is 1. The number of benzene rings is 2. The van der Waals surface area contributed by atoms with Crippen molar-refractivity contribution in [2.45, 2.75) is 17.8 Å². The van der Waals surface area contributed by atoms with E-state index in [-0.39, 0.29) is 5.91 Å². The highest BCUT2D eigenvalue weighted by atomic mass is 32.2. The minimum absolute atomic E-state index is 0.234. The van der Waals surface area contributed by atoms with Crippen LogP contribution in [0.1, 0.15) is 27.0 Å². The zero-order valence-corrected chi connectivity index (χ0v) is 15.4. The third-order valence-electron chi connectivity index (χ3n) is 3.81. The van der Waals surface area contributed by atoms with Crippen molar-refractivity contribution in [2.75, 3.05) is 0 Å². The van der Waals surface area contributed by atoms with Gasteiger partial charge in [0.25, 0.3) is 5.91 Å². The monoisotopic (exact) mass is 365 g/mol. The number of rotatable bonds is 6. The maximum Gasteiger partial charge on any atom is 0.271 e. The summed E-state index contributed by atoms with van der Waals surface area (Å²) in [5.41, 5.74) is 6.32. The Morgan fingerprint density at radius 2 is 2.00 bits per heavy atom. The van der Waals surface area contributed by atoms with Crippen LogP contribution >= 0.6 is 11.8 Å². The Hall–Kier alpha value is -2.93. The van der Waals surface area contributed by atoms with Crippen LogP contribution in [0.25, 0.3) is 0 Å². The molecule has 1 amide bonds. The Morgan fingerprint density at radius 3 is 2.69 bits per heavy atom. The van der Waals surface area contributed by atoms with Gasteiger partial charge in [-0.05, 0) is 35.7 Å². The maximum absolute atomic E-state index is 12.2. The van der Waals surface area contributed by atoms with Crippen molar-refractivity contribution in [1.29, 1.82) is 0 Å². The third-order valence-corrected chi connectivity index (χ3v) is 4.92. The second-order valence-electron chi connectivity index (χ2n) is 5.77. The van der Waals surface area contributed by atoms with Crippen LogP contribution in [-0.2, 0) is 12.8 Å². The smallest absolute Gasteiger partial charge is 0.271 e. The molecule has 2 aromatic carbocycles. The zero-order chi connectivity index (χ0) is 18.4. The Bertz CT molecular complexity index is 918. The number of hydrazone groups is 1. The van der Waals surface area contributed by atoms with E-state index in [1.165, 1.54) is 0 Å². The largest absolute Gasteiger partial charge is 0.312 e. The predicted molar refractivity (Wildman–Crippen MR) is 103 cm³/mol. The SMILES string of the molecule is Cc1ccccc1/C=N/NC(=O)c1ccc(CSc2nncn2C)cc1. The van der Waals surface area contributed by atoms with Crippen LogP contribution in [0.4, 0.5) is 0 Å². The number of nitrogens with one attached hydrogen (secondary N) is 1. The minimum atomic E-state index is -0.234. The second kappa shape index (κ2) is 8.44. The number of carbonyl (C=O) groups excluding carboxylic acids is 1. The van der Waals surface area contributed by atoms with Gasteiger partial charge in [-0.1, -0.05) is 48.2 Å². The van der Waals surface area contributed by atoms with E-state index in [1.807, 2.05) is 54.9 Å². The number of hydrogen-bond donors (Lipinski definition) is 1. The third kappa shape index (κ3) is 4.58. The Morgan fingerprint density at radius 1 is 1.23 bits per heavy atom. The summed E-state index contributed by atoms with van der Waals surface area (Å²) in [7, 11) is 1.91. The molecular weight excluding hydrogens is 346 g/mol. The molecule has 0 fully saturated rings. The van der Waals surface area contributed by atoms with Crippen LogP contribution in [0.3, 0.4) is 0 Å². The molecule has 0 unspecified atom stereocenters. The summed E-state index contributed by atoms with van der Waals surface area (Å²) in [6.45, 7) is 2.00. The quantitative estimate of drug-likeness (QED) is 0.414. The van der Waals surface area contributed by atoms with Crippen molar-refractivity contribution in [1.82, 2.24) is 20.2 Å². The Labute approximate surface area is 156 Å². The molecule has 26 heavy (non-hydrogen) atoms. The molecule has 3 rings (SSSR count). The number of hydrogen-bond acceptors (Lipinski definition) is 5. The van der Waals surface area contributed by atoms with E-state index in [9.17, 15) is 4.79 Å². The number of aryl methyl sites for hydroxylation is 2. The van der Waals surface area contributed by atoms with Crippen molar-refractivity contribution in [3.8, 4) is 0 Å². The zero-order valence-electron chi connectivity index (χ0n) is 14.6. The first-order valence-corrected chi connectivity index (χ1v) is 9.07. The molecule has 3 aromatic rings. The number of aromatic nitrogens is 3. The molecule has 6 nitrogen and oxygen atoms in total. The van der Waals surface area contributed by atoms with Crippen LogP contribution in [0.15, 0.2) is 65.1 Å². The van der Waals surface area contributed by atoms with Gasteiger partial charge in [-0.25, -0.2) is 5.43 Å². The van der Waals surface area contributed by atoms with E-state index in [2.05, 4.69) is 20.7 Å². The summed E-state index contributed by atoms with van der Waals surface area (Å²) in [6, 6.07) is 15.3. The van der Waals surface area contributed by atoms with Crippen molar-refractivity contribution in [3.63, 3.8) is 0 Å². The molecule has 0 aliphatic rings. The molecular formula is C19H19N5OS. The van der Waals surface area contributed by atoms with E-state index in [4.69, 9.17) is 0 Å². The molecule has 132 valence electrons. The van der Waals surface area contributed by atoms with Gasteiger partial charge < -0.3 is 4.57 Å². The van der Waals surface area contributed by atoms with Crippen molar-refractivity contribution < 1.29 is 4.79 Å². The first-order chi connectivity index (χ1) is 12.6. The number of carbonyl (C=O) groups is 1. The van der Waals surface area contributed by atoms with E-state index in [1.54, 1.807) is 36.4 Å². The molecule has 0 radical (unpaired) electrons. The lowest BCUT2D eigenvalue weighted by molar-refractivity contribution is 0.0955. The summed E-state index contributed by atoms with van der Waals surface area (Å²) in [5.74, 6) is 0.530. The van der Waals surface area contributed by atoms with Crippen LogP contribution in [-0.4, -0.2) is 26.9 Å². The second-order valence-corrected chi connectivity index (χ2v) is 6.71. The Balaban J connectivity index is 1.55. The number of amides is 1. The molecule has 7 heteroatoms. The fraction of sp³-hybridized carbons (Fsp3) is 0.158. The van der Waals surface area contributed by atoms with Crippen LogP contribution in [0.5, 0.6) is 0 Å². The maximum atomic E-state index is 12.2. The van der Waals surface area contributed by atoms with Gasteiger partial charge in [0.1, 0.15) is 6.33 Å².